The lowest BCUT2D eigenvalue weighted by Gasteiger charge is -2.26. The molecule has 0 bridgehead atoms. The summed E-state index contributed by atoms with van der Waals surface area (Å²) in [5.74, 6) is 0.787. The number of hydrogen-bond donors (Lipinski definition) is 1. The summed E-state index contributed by atoms with van der Waals surface area (Å²) in [6, 6.07) is 6.62. The van der Waals surface area contributed by atoms with Gasteiger partial charge < -0.3 is 5.32 Å². The molecule has 1 aliphatic heterocycles. The summed E-state index contributed by atoms with van der Waals surface area (Å²) >= 11 is 0. The van der Waals surface area contributed by atoms with E-state index in [2.05, 4.69) is 37.4 Å². The van der Waals surface area contributed by atoms with Crippen LogP contribution >= 0.6 is 0 Å². The molecule has 1 aromatic carbocycles. The molecular weight excluding hydrogens is 198 g/mol. The first-order chi connectivity index (χ1) is 7.63. The van der Waals surface area contributed by atoms with Crippen molar-refractivity contribution < 1.29 is 4.79 Å². The minimum absolute atomic E-state index is 0.150. The maximum Gasteiger partial charge on any atom is 0.230 e. The molecule has 0 unspecified atom stereocenters. The molecule has 2 aliphatic rings. The molecule has 1 aliphatic carbocycles. The van der Waals surface area contributed by atoms with Crippen molar-refractivity contribution >= 4 is 5.91 Å². The molecule has 1 N–H and O–H groups in total. The van der Waals surface area contributed by atoms with E-state index in [-0.39, 0.29) is 11.3 Å². The first kappa shape index (κ1) is 9.88. The summed E-state index contributed by atoms with van der Waals surface area (Å²) in [5, 5.41) is 3.02. The SMILES string of the molecule is CC(C)c1ccc2c(c1)CNC(=O)C21CC1. The Morgan fingerprint density at radius 2 is 2.06 bits per heavy atom. The van der Waals surface area contributed by atoms with Gasteiger partial charge in [0.1, 0.15) is 0 Å². The lowest BCUT2D eigenvalue weighted by molar-refractivity contribution is -0.124. The fourth-order valence-electron chi connectivity index (χ4n) is 2.67. The minimum Gasteiger partial charge on any atom is -0.351 e. The van der Waals surface area contributed by atoms with Gasteiger partial charge in [0.2, 0.25) is 5.91 Å². The van der Waals surface area contributed by atoms with Crippen LogP contribution in [0, 0.1) is 0 Å². The third-order valence-electron chi connectivity index (χ3n) is 3.94. The zero-order chi connectivity index (χ0) is 11.3. The molecule has 2 heteroatoms. The normalized spacial score (nSPS) is 20.8. The Balaban J connectivity index is 2.09. The zero-order valence-corrected chi connectivity index (χ0v) is 9.84. The van der Waals surface area contributed by atoms with Crippen LogP contribution in [0.5, 0.6) is 0 Å². The van der Waals surface area contributed by atoms with Crippen LogP contribution < -0.4 is 5.32 Å². The summed E-state index contributed by atoms with van der Waals surface area (Å²) in [6.07, 6.45) is 2.04. The molecule has 1 heterocycles. The van der Waals surface area contributed by atoms with E-state index < -0.39 is 0 Å². The number of carbonyl (C=O) groups excluding carboxylic acids is 1. The lowest BCUT2D eigenvalue weighted by atomic mass is 9.85. The van der Waals surface area contributed by atoms with E-state index in [0.717, 1.165) is 12.8 Å². The Morgan fingerprint density at radius 3 is 2.69 bits per heavy atom. The molecule has 2 nitrogen and oxygen atoms in total. The van der Waals surface area contributed by atoms with Gasteiger partial charge in [-0.05, 0) is 35.4 Å². The second-order valence-corrected chi connectivity index (χ2v) is 5.34. The molecule has 1 amide bonds. The molecular formula is C14H17NO. The molecule has 84 valence electrons. The maximum absolute atomic E-state index is 11.8. The fraction of sp³-hybridized carbons (Fsp3) is 0.500. The Morgan fingerprint density at radius 1 is 1.31 bits per heavy atom. The quantitative estimate of drug-likeness (QED) is 0.766. The molecule has 16 heavy (non-hydrogen) atoms. The van der Waals surface area contributed by atoms with E-state index in [4.69, 9.17) is 0 Å². The largest absolute Gasteiger partial charge is 0.351 e. The van der Waals surface area contributed by atoms with Crippen molar-refractivity contribution in [1.29, 1.82) is 0 Å². The summed E-state index contributed by atoms with van der Waals surface area (Å²) in [4.78, 5) is 11.8. The highest BCUT2D eigenvalue weighted by atomic mass is 16.2. The Kier molecular flexibility index (Phi) is 1.91. The zero-order valence-electron chi connectivity index (χ0n) is 9.84. The smallest absolute Gasteiger partial charge is 0.230 e. The van der Waals surface area contributed by atoms with Crippen molar-refractivity contribution in [3.8, 4) is 0 Å². The van der Waals surface area contributed by atoms with Gasteiger partial charge in [0.15, 0.2) is 0 Å². The summed E-state index contributed by atoms with van der Waals surface area (Å²) in [6.45, 7) is 5.11. The van der Waals surface area contributed by atoms with Gasteiger partial charge in [-0.15, -0.1) is 0 Å². The predicted molar refractivity (Wildman–Crippen MR) is 63.3 cm³/mol. The number of hydrogen-bond acceptors (Lipinski definition) is 1. The third-order valence-corrected chi connectivity index (χ3v) is 3.94. The molecule has 3 rings (SSSR count). The minimum atomic E-state index is -0.150. The van der Waals surface area contributed by atoms with Crippen molar-refractivity contribution in [2.75, 3.05) is 0 Å². The van der Waals surface area contributed by atoms with Gasteiger partial charge in [0.05, 0.1) is 5.41 Å². The second-order valence-electron chi connectivity index (χ2n) is 5.34. The van der Waals surface area contributed by atoms with Crippen molar-refractivity contribution in [2.45, 2.75) is 44.6 Å². The molecule has 1 aromatic rings. The number of amides is 1. The van der Waals surface area contributed by atoms with Gasteiger partial charge in [-0.2, -0.15) is 0 Å². The van der Waals surface area contributed by atoms with Crippen molar-refractivity contribution in [1.82, 2.24) is 5.32 Å². The number of rotatable bonds is 1. The number of nitrogens with one attached hydrogen (secondary N) is 1. The van der Waals surface area contributed by atoms with E-state index in [1.165, 1.54) is 16.7 Å². The van der Waals surface area contributed by atoms with E-state index >= 15 is 0 Å². The average molecular weight is 215 g/mol. The average Bonchev–Trinajstić information content (AvgIpc) is 3.05. The highest BCUT2D eigenvalue weighted by Gasteiger charge is 2.53. The summed E-state index contributed by atoms with van der Waals surface area (Å²) < 4.78 is 0. The highest BCUT2D eigenvalue weighted by Crippen LogP contribution is 2.51. The molecule has 1 spiro atoms. The monoisotopic (exact) mass is 215 g/mol. The van der Waals surface area contributed by atoms with Gasteiger partial charge in [-0.3, -0.25) is 4.79 Å². The Hall–Kier alpha value is -1.31. The van der Waals surface area contributed by atoms with Gasteiger partial charge in [0, 0.05) is 6.54 Å². The first-order valence-electron chi connectivity index (χ1n) is 6.05. The van der Waals surface area contributed by atoms with Crippen LogP contribution in [0.4, 0.5) is 0 Å². The van der Waals surface area contributed by atoms with Gasteiger partial charge in [-0.1, -0.05) is 32.0 Å². The molecule has 0 aromatic heterocycles. The lowest BCUT2D eigenvalue weighted by Crippen LogP contribution is -2.39. The van der Waals surface area contributed by atoms with Crippen LogP contribution in [0.15, 0.2) is 18.2 Å². The summed E-state index contributed by atoms with van der Waals surface area (Å²) in [7, 11) is 0. The number of fused-ring (bicyclic) bond motifs is 2. The molecule has 1 saturated carbocycles. The van der Waals surface area contributed by atoms with E-state index in [0.29, 0.717) is 12.5 Å². The van der Waals surface area contributed by atoms with Gasteiger partial charge in [-0.25, -0.2) is 0 Å². The molecule has 0 saturated heterocycles. The third kappa shape index (κ3) is 1.22. The van der Waals surface area contributed by atoms with Crippen molar-refractivity contribution in [3.05, 3.63) is 34.9 Å². The highest BCUT2D eigenvalue weighted by molar-refractivity contribution is 5.93. The summed E-state index contributed by atoms with van der Waals surface area (Å²) in [5.41, 5.74) is 3.82. The van der Waals surface area contributed by atoms with Crippen LogP contribution in [0.25, 0.3) is 0 Å². The Labute approximate surface area is 96.1 Å². The van der Waals surface area contributed by atoms with Crippen LogP contribution in [0.2, 0.25) is 0 Å². The van der Waals surface area contributed by atoms with Crippen LogP contribution in [0.3, 0.4) is 0 Å². The standard InChI is InChI=1S/C14H17NO/c1-9(2)10-3-4-12-11(7-10)8-15-13(16)14(12)5-6-14/h3-4,7,9H,5-6,8H2,1-2H3,(H,15,16). The van der Waals surface area contributed by atoms with Crippen molar-refractivity contribution in [3.63, 3.8) is 0 Å². The first-order valence-corrected chi connectivity index (χ1v) is 6.05. The molecule has 0 radical (unpaired) electrons. The van der Waals surface area contributed by atoms with E-state index in [1.54, 1.807) is 0 Å². The Bertz CT molecular complexity index is 458. The van der Waals surface area contributed by atoms with Crippen LogP contribution in [-0.4, -0.2) is 5.91 Å². The van der Waals surface area contributed by atoms with Crippen LogP contribution in [0.1, 0.15) is 49.3 Å². The fourth-order valence-corrected chi connectivity index (χ4v) is 2.67. The van der Waals surface area contributed by atoms with Gasteiger partial charge >= 0.3 is 0 Å². The maximum atomic E-state index is 11.8. The number of benzene rings is 1. The molecule has 0 atom stereocenters. The van der Waals surface area contributed by atoms with E-state index in [1.807, 2.05) is 0 Å². The molecule has 1 fully saturated rings. The van der Waals surface area contributed by atoms with Crippen LogP contribution in [-0.2, 0) is 16.8 Å². The van der Waals surface area contributed by atoms with Gasteiger partial charge in [0.25, 0.3) is 0 Å². The van der Waals surface area contributed by atoms with Crippen molar-refractivity contribution in [2.24, 2.45) is 0 Å². The second kappa shape index (κ2) is 3.09. The van der Waals surface area contributed by atoms with E-state index in [9.17, 15) is 4.79 Å². The predicted octanol–water partition coefficient (Wildman–Crippen LogP) is 2.47. The number of carbonyl (C=O) groups is 1. The topological polar surface area (TPSA) is 29.1 Å².